The minimum atomic E-state index is -0.0414. The molecule has 0 aliphatic heterocycles. The van der Waals surface area contributed by atoms with Gasteiger partial charge in [0.1, 0.15) is 5.75 Å². The lowest BCUT2D eigenvalue weighted by atomic mass is 10.1. The summed E-state index contributed by atoms with van der Waals surface area (Å²) in [6, 6.07) is 9.64. The molecule has 1 aromatic heterocycles. The standard InChI is InChI=1S/C15H18N2O2/c1-10-7-14(17(2)15(18)13(10)9-16)11-5-4-6-12(8-11)19-3/h4-8H,9,16H2,1-3H3. The first kappa shape index (κ1) is 13.4. The van der Waals surface area contributed by atoms with E-state index >= 15 is 0 Å². The molecule has 2 N–H and O–H groups in total. The van der Waals surface area contributed by atoms with Crippen molar-refractivity contribution in [3.05, 3.63) is 51.8 Å². The lowest BCUT2D eigenvalue weighted by Crippen LogP contribution is -2.25. The van der Waals surface area contributed by atoms with Gasteiger partial charge in [0.15, 0.2) is 0 Å². The van der Waals surface area contributed by atoms with Gasteiger partial charge in [-0.3, -0.25) is 4.79 Å². The molecule has 0 spiro atoms. The number of aryl methyl sites for hydroxylation is 1. The van der Waals surface area contributed by atoms with Gasteiger partial charge in [-0.25, -0.2) is 0 Å². The van der Waals surface area contributed by atoms with E-state index in [1.807, 2.05) is 37.3 Å². The highest BCUT2D eigenvalue weighted by Crippen LogP contribution is 2.23. The fourth-order valence-corrected chi connectivity index (χ4v) is 2.18. The number of aromatic nitrogens is 1. The molecular formula is C15H18N2O2. The highest BCUT2D eigenvalue weighted by atomic mass is 16.5. The quantitative estimate of drug-likeness (QED) is 0.913. The van der Waals surface area contributed by atoms with Crippen molar-refractivity contribution in [3.8, 4) is 17.0 Å². The molecular weight excluding hydrogens is 240 g/mol. The second-order valence-corrected chi connectivity index (χ2v) is 4.49. The maximum atomic E-state index is 12.2. The number of ether oxygens (including phenoxy) is 1. The zero-order chi connectivity index (χ0) is 14.0. The Labute approximate surface area is 112 Å². The number of methoxy groups -OCH3 is 1. The number of benzene rings is 1. The van der Waals surface area contributed by atoms with Crippen LogP contribution >= 0.6 is 0 Å². The Morgan fingerprint density at radius 3 is 2.68 bits per heavy atom. The van der Waals surface area contributed by atoms with E-state index in [0.717, 1.165) is 22.6 Å². The van der Waals surface area contributed by atoms with Crippen molar-refractivity contribution in [2.75, 3.05) is 7.11 Å². The predicted molar refractivity (Wildman–Crippen MR) is 76.3 cm³/mol. The fourth-order valence-electron chi connectivity index (χ4n) is 2.18. The van der Waals surface area contributed by atoms with Crippen LogP contribution in [0.25, 0.3) is 11.3 Å². The van der Waals surface area contributed by atoms with Crippen LogP contribution < -0.4 is 16.0 Å². The number of nitrogens with zero attached hydrogens (tertiary/aromatic N) is 1. The molecule has 2 rings (SSSR count). The molecule has 0 amide bonds. The van der Waals surface area contributed by atoms with Crippen LogP contribution in [-0.2, 0) is 13.6 Å². The van der Waals surface area contributed by atoms with Gasteiger partial charge in [0.05, 0.1) is 12.8 Å². The zero-order valence-corrected chi connectivity index (χ0v) is 11.4. The number of hydrogen-bond donors (Lipinski definition) is 1. The first-order valence-electron chi connectivity index (χ1n) is 6.12. The lowest BCUT2D eigenvalue weighted by molar-refractivity contribution is 0.415. The molecule has 0 saturated heterocycles. The van der Waals surface area contributed by atoms with Gasteiger partial charge in [0.25, 0.3) is 5.56 Å². The van der Waals surface area contributed by atoms with E-state index in [1.54, 1.807) is 18.7 Å². The Kier molecular flexibility index (Phi) is 3.71. The molecule has 0 fully saturated rings. The molecule has 4 heteroatoms. The SMILES string of the molecule is COc1cccc(-c2cc(C)c(CN)c(=O)n2C)c1. The Hall–Kier alpha value is -2.07. The number of nitrogens with two attached hydrogens (primary N) is 1. The topological polar surface area (TPSA) is 57.2 Å². The van der Waals surface area contributed by atoms with Crippen molar-refractivity contribution >= 4 is 0 Å². The molecule has 2 aromatic rings. The van der Waals surface area contributed by atoms with Gasteiger partial charge in [0.2, 0.25) is 0 Å². The van der Waals surface area contributed by atoms with Crippen molar-refractivity contribution in [2.45, 2.75) is 13.5 Å². The molecule has 100 valence electrons. The summed E-state index contributed by atoms with van der Waals surface area (Å²) in [4.78, 5) is 12.2. The monoisotopic (exact) mass is 258 g/mol. The minimum absolute atomic E-state index is 0.0414. The van der Waals surface area contributed by atoms with Crippen LogP contribution in [-0.4, -0.2) is 11.7 Å². The summed E-state index contributed by atoms with van der Waals surface area (Å²) in [6.45, 7) is 2.17. The van der Waals surface area contributed by atoms with E-state index in [0.29, 0.717) is 5.56 Å². The van der Waals surface area contributed by atoms with Gasteiger partial charge in [-0.2, -0.15) is 0 Å². The van der Waals surface area contributed by atoms with Crippen LogP contribution in [0.1, 0.15) is 11.1 Å². The van der Waals surface area contributed by atoms with Gasteiger partial charge < -0.3 is 15.0 Å². The summed E-state index contributed by atoms with van der Waals surface area (Å²) in [5, 5.41) is 0. The molecule has 0 radical (unpaired) electrons. The van der Waals surface area contributed by atoms with Crippen LogP contribution in [0.3, 0.4) is 0 Å². The molecule has 0 saturated carbocycles. The van der Waals surface area contributed by atoms with Crippen LogP contribution in [0.4, 0.5) is 0 Å². The van der Waals surface area contributed by atoms with Crippen LogP contribution in [0, 0.1) is 6.92 Å². The Bertz CT molecular complexity index is 660. The number of rotatable bonds is 3. The molecule has 0 bridgehead atoms. The zero-order valence-electron chi connectivity index (χ0n) is 11.4. The minimum Gasteiger partial charge on any atom is -0.497 e. The molecule has 1 heterocycles. The first-order chi connectivity index (χ1) is 9.08. The highest BCUT2D eigenvalue weighted by molar-refractivity contribution is 5.63. The molecule has 4 nitrogen and oxygen atoms in total. The van der Waals surface area contributed by atoms with Crippen molar-refractivity contribution in [1.29, 1.82) is 0 Å². The highest BCUT2D eigenvalue weighted by Gasteiger charge is 2.10. The molecule has 0 aliphatic rings. The van der Waals surface area contributed by atoms with Crippen LogP contribution in [0.5, 0.6) is 5.75 Å². The first-order valence-corrected chi connectivity index (χ1v) is 6.12. The van der Waals surface area contributed by atoms with Gasteiger partial charge in [-0.15, -0.1) is 0 Å². The summed E-state index contributed by atoms with van der Waals surface area (Å²) in [5.74, 6) is 0.769. The van der Waals surface area contributed by atoms with Crippen molar-refractivity contribution in [2.24, 2.45) is 12.8 Å². The summed E-state index contributed by atoms with van der Waals surface area (Å²) in [7, 11) is 3.39. The second-order valence-electron chi connectivity index (χ2n) is 4.49. The largest absolute Gasteiger partial charge is 0.497 e. The fraction of sp³-hybridized carbons (Fsp3) is 0.267. The van der Waals surface area contributed by atoms with Crippen molar-refractivity contribution in [3.63, 3.8) is 0 Å². The van der Waals surface area contributed by atoms with E-state index < -0.39 is 0 Å². The smallest absolute Gasteiger partial charge is 0.255 e. The average molecular weight is 258 g/mol. The van der Waals surface area contributed by atoms with Crippen LogP contribution in [0.2, 0.25) is 0 Å². The summed E-state index contributed by atoms with van der Waals surface area (Å²) < 4.78 is 6.84. The third-order valence-corrected chi connectivity index (χ3v) is 3.32. The Morgan fingerprint density at radius 2 is 2.05 bits per heavy atom. The Balaban J connectivity index is 2.66. The summed E-state index contributed by atoms with van der Waals surface area (Å²) >= 11 is 0. The Morgan fingerprint density at radius 1 is 1.32 bits per heavy atom. The van der Waals surface area contributed by atoms with Gasteiger partial charge in [-0.1, -0.05) is 12.1 Å². The van der Waals surface area contributed by atoms with Gasteiger partial charge in [-0.05, 0) is 30.7 Å². The lowest BCUT2D eigenvalue weighted by Gasteiger charge is -2.13. The van der Waals surface area contributed by atoms with Crippen LogP contribution in [0.15, 0.2) is 35.1 Å². The third-order valence-electron chi connectivity index (χ3n) is 3.32. The second kappa shape index (κ2) is 5.28. The number of pyridine rings is 1. The average Bonchev–Trinajstić information content (AvgIpc) is 2.43. The molecule has 0 atom stereocenters. The van der Waals surface area contributed by atoms with Crippen molar-refractivity contribution < 1.29 is 4.74 Å². The normalized spacial score (nSPS) is 10.5. The predicted octanol–water partition coefficient (Wildman–Crippen LogP) is 1.83. The van der Waals surface area contributed by atoms with E-state index in [9.17, 15) is 4.79 Å². The molecule has 19 heavy (non-hydrogen) atoms. The molecule has 0 aliphatic carbocycles. The van der Waals surface area contributed by atoms with E-state index in [2.05, 4.69) is 0 Å². The maximum Gasteiger partial charge on any atom is 0.255 e. The molecule has 0 unspecified atom stereocenters. The van der Waals surface area contributed by atoms with Crippen molar-refractivity contribution in [1.82, 2.24) is 4.57 Å². The summed E-state index contributed by atoms with van der Waals surface area (Å²) in [6.07, 6.45) is 0. The maximum absolute atomic E-state index is 12.2. The van der Waals surface area contributed by atoms with Gasteiger partial charge in [0, 0.05) is 24.7 Å². The van der Waals surface area contributed by atoms with E-state index in [-0.39, 0.29) is 12.1 Å². The van der Waals surface area contributed by atoms with Gasteiger partial charge >= 0.3 is 0 Å². The van der Waals surface area contributed by atoms with E-state index in [4.69, 9.17) is 10.5 Å². The molecule has 1 aromatic carbocycles. The summed E-state index contributed by atoms with van der Waals surface area (Å²) in [5.41, 5.74) is 8.97. The third kappa shape index (κ3) is 2.39. The van der Waals surface area contributed by atoms with E-state index in [1.165, 1.54) is 0 Å². The number of hydrogen-bond acceptors (Lipinski definition) is 3.